The molecule has 0 radical (unpaired) electrons. The summed E-state index contributed by atoms with van der Waals surface area (Å²) in [6.07, 6.45) is 0. The van der Waals surface area contributed by atoms with Crippen LogP contribution in [0.2, 0.25) is 0 Å². The molecule has 1 aromatic heterocycles. The number of hydrogen-bond acceptors (Lipinski definition) is 2. The van der Waals surface area contributed by atoms with Crippen LogP contribution in [-0.2, 0) is 0 Å². The maximum absolute atomic E-state index is 13.5. The molecule has 0 aliphatic carbocycles. The van der Waals surface area contributed by atoms with E-state index in [4.69, 9.17) is 0 Å². The van der Waals surface area contributed by atoms with Gasteiger partial charge < -0.3 is 0 Å². The van der Waals surface area contributed by atoms with Crippen molar-refractivity contribution >= 4 is 33.0 Å². The minimum atomic E-state index is -0.477. The first-order valence-electron chi connectivity index (χ1n) is 5.07. The van der Waals surface area contributed by atoms with Crippen molar-refractivity contribution in [1.29, 1.82) is 0 Å². The Kier molecular flexibility index (Phi) is 3.74. The van der Waals surface area contributed by atoms with Crippen molar-refractivity contribution in [3.8, 4) is 0 Å². The molecule has 1 unspecified atom stereocenters. The fourth-order valence-electron chi connectivity index (χ4n) is 1.51. The molecule has 88 valence electrons. The van der Waals surface area contributed by atoms with Crippen molar-refractivity contribution in [2.24, 2.45) is 0 Å². The number of carbonyl (C=O) groups excluding carboxylic acids is 1. The van der Waals surface area contributed by atoms with Gasteiger partial charge in [-0.05, 0) is 36.1 Å². The lowest BCUT2D eigenvalue weighted by Crippen LogP contribution is -2.07. The van der Waals surface area contributed by atoms with Gasteiger partial charge in [0, 0.05) is 4.88 Å². The van der Waals surface area contributed by atoms with E-state index >= 15 is 0 Å². The maximum Gasteiger partial charge on any atom is 0.184 e. The summed E-state index contributed by atoms with van der Waals surface area (Å²) < 4.78 is 13.5. The zero-order valence-corrected chi connectivity index (χ0v) is 11.5. The van der Waals surface area contributed by atoms with Crippen molar-refractivity contribution in [2.75, 3.05) is 0 Å². The second kappa shape index (κ2) is 5.10. The first kappa shape index (κ1) is 12.5. The summed E-state index contributed by atoms with van der Waals surface area (Å²) in [5, 5.41) is 1.97. The largest absolute Gasteiger partial charge is 0.292 e. The van der Waals surface area contributed by atoms with Crippen LogP contribution < -0.4 is 0 Å². The molecule has 0 amide bonds. The van der Waals surface area contributed by atoms with E-state index in [0.717, 1.165) is 10.4 Å². The van der Waals surface area contributed by atoms with Crippen LogP contribution in [0.5, 0.6) is 0 Å². The third-order valence-electron chi connectivity index (χ3n) is 2.37. The third-order valence-corrected chi connectivity index (χ3v) is 4.70. The standard InChI is InChI=1S/C13H10BrFOS/c1-8-6-11(17-7-8)12(14)13(16)9-4-2-3-5-10(9)15/h2-7,12H,1H3. The molecule has 1 atom stereocenters. The van der Waals surface area contributed by atoms with E-state index in [0.29, 0.717) is 0 Å². The van der Waals surface area contributed by atoms with Crippen molar-refractivity contribution in [2.45, 2.75) is 11.8 Å². The van der Waals surface area contributed by atoms with Crippen molar-refractivity contribution in [1.82, 2.24) is 0 Å². The van der Waals surface area contributed by atoms with E-state index in [1.54, 1.807) is 12.1 Å². The number of halogens is 2. The number of alkyl halides is 1. The Labute approximate surface area is 111 Å². The number of aryl methyl sites for hydroxylation is 1. The monoisotopic (exact) mass is 312 g/mol. The topological polar surface area (TPSA) is 17.1 Å². The zero-order valence-electron chi connectivity index (χ0n) is 9.11. The molecular weight excluding hydrogens is 303 g/mol. The summed E-state index contributed by atoms with van der Waals surface area (Å²) in [7, 11) is 0. The first-order chi connectivity index (χ1) is 8.09. The van der Waals surface area contributed by atoms with Gasteiger partial charge in [-0.1, -0.05) is 28.1 Å². The number of Topliss-reactive ketones (excluding diaryl/α,β-unsaturated/α-hetero) is 1. The molecule has 0 aliphatic rings. The van der Waals surface area contributed by atoms with Crippen LogP contribution in [0, 0.1) is 12.7 Å². The fourth-order valence-corrected chi connectivity index (χ4v) is 3.09. The molecule has 17 heavy (non-hydrogen) atoms. The molecule has 2 aromatic rings. The number of ketones is 1. The highest BCUT2D eigenvalue weighted by atomic mass is 79.9. The molecule has 0 saturated carbocycles. The number of rotatable bonds is 3. The SMILES string of the molecule is Cc1csc(C(Br)C(=O)c2ccccc2F)c1. The van der Waals surface area contributed by atoms with Gasteiger partial charge in [0.25, 0.3) is 0 Å². The number of thiophene rings is 1. The molecule has 0 spiro atoms. The molecule has 1 heterocycles. The van der Waals surface area contributed by atoms with Crippen LogP contribution >= 0.6 is 27.3 Å². The second-order valence-electron chi connectivity index (χ2n) is 3.73. The quantitative estimate of drug-likeness (QED) is 0.602. The number of carbonyl (C=O) groups is 1. The van der Waals surface area contributed by atoms with E-state index in [1.165, 1.54) is 23.5 Å². The predicted molar refractivity (Wildman–Crippen MR) is 71.5 cm³/mol. The Morgan fingerprint density at radius 2 is 2.12 bits per heavy atom. The van der Waals surface area contributed by atoms with Gasteiger partial charge >= 0.3 is 0 Å². The van der Waals surface area contributed by atoms with Gasteiger partial charge in [-0.25, -0.2) is 4.39 Å². The van der Waals surface area contributed by atoms with Gasteiger partial charge in [-0.3, -0.25) is 4.79 Å². The highest BCUT2D eigenvalue weighted by Crippen LogP contribution is 2.32. The molecule has 1 nitrogen and oxygen atoms in total. The second-order valence-corrected chi connectivity index (χ2v) is 5.59. The van der Waals surface area contributed by atoms with Crippen LogP contribution in [0.1, 0.15) is 25.6 Å². The lowest BCUT2D eigenvalue weighted by molar-refractivity contribution is 0.0988. The van der Waals surface area contributed by atoms with E-state index in [1.807, 2.05) is 18.4 Å². The lowest BCUT2D eigenvalue weighted by Gasteiger charge is -2.07. The molecule has 4 heteroatoms. The molecule has 2 rings (SSSR count). The van der Waals surface area contributed by atoms with Crippen LogP contribution in [0.15, 0.2) is 35.7 Å². The van der Waals surface area contributed by atoms with Gasteiger partial charge in [0.2, 0.25) is 0 Å². The number of benzene rings is 1. The summed E-state index contributed by atoms with van der Waals surface area (Å²) in [4.78, 5) is 12.5. The van der Waals surface area contributed by atoms with Crippen LogP contribution in [0.4, 0.5) is 4.39 Å². The molecule has 0 N–H and O–H groups in total. The lowest BCUT2D eigenvalue weighted by atomic mass is 10.1. The molecule has 1 aromatic carbocycles. The fraction of sp³-hybridized carbons (Fsp3) is 0.154. The summed E-state index contributed by atoms with van der Waals surface area (Å²) >= 11 is 4.83. The van der Waals surface area contributed by atoms with Gasteiger partial charge in [-0.2, -0.15) is 0 Å². The van der Waals surface area contributed by atoms with Crippen LogP contribution in [-0.4, -0.2) is 5.78 Å². The molecule has 0 fully saturated rings. The summed E-state index contributed by atoms with van der Waals surface area (Å²) in [6.45, 7) is 1.97. The minimum Gasteiger partial charge on any atom is -0.292 e. The van der Waals surface area contributed by atoms with Crippen molar-refractivity contribution in [3.05, 3.63) is 57.5 Å². The average Bonchev–Trinajstić information content (AvgIpc) is 2.75. The molecule has 0 bridgehead atoms. The molecular formula is C13H10BrFOS. The normalized spacial score (nSPS) is 12.4. The molecule has 0 aliphatic heterocycles. The Bertz CT molecular complexity index is 550. The van der Waals surface area contributed by atoms with Crippen molar-refractivity contribution < 1.29 is 9.18 Å². The Balaban J connectivity index is 2.30. The average molecular weight is 313 g/mol. The third kappa shape index (κ3) is 2.64. The van der Waals surface area contributed by atoms with Gasteiger partial charge in [-0.15, -0.1) is 11.3 Å². The van der Waals surface area contributed by atoms with E-state index in [-0.39, 0.29) is 11.3 Å². The predicted octanol–water partition coefficient (Wildman–Crippen LogP) is 4.51. The minimum absolute atomic E-state index is 0.125. The Morgan fingerprint density at radius 1 is 1.41 bits per heavy atom. The smallest absolute Gasteiger partial charge is 0.184 e. The summed E-state index contributed by atoms with van der Waals surface area (Å²) in [6, 6.07) is 7.97. The van der Waals surface area contributed by atoms with Gasteiger partial charge in [0.1, 0.15) is 10.6 Å². The van der Waals surface area contributed by atoms with Gasteiger partial charge in [0.05, 0.1) is 5.56 Å². The van der Waals surface area contributed by atoms with Crippen LogP contribution in [0.25, 0.3) is 0 Å². The van der Waals surface area contributed by atoms with Crippen LogP contribution in [0.3, 0.4) is 0 Å². The zero-order chi connectivity index (χ0) is 12.4. The highest BCUT2D eigenvalue weighted by Gasteiger charge is 2.22. The van der Waals surface area contributed by atoms with E-state index < -0.39 is 10.6 Å². The summed E-state index contributed by atoms with van der Waals surface area (Å²) in [5.41, 5.74) is 1.23. The Hall–Kier alpha value is -1.00. The maximum atomic E-state index is 13.5. The Morgan fingerprint density at radius 3 is 2.71 bits per heavy atom. The molecule has 0 saturated heterocycles. The number of hydrogen-bond donors (Lipinski definition) is 0. The first-order valence-corrected chi connectivity index (χ1v) is 6.87. The van der Waals surface area contributed by atoms with Crippen molar-refractivity contribution in [3.63, 3.8) is 0 Å². The van der Waals surface area contributed by atoms with E-state index in [9.17, 15) is 9.18 Å². The van der Waals surface area contributed by atoms with Gasteiger partial charge in [0.15, 0.2) is 5.78 Å². The highest BCUT2D eigenvalue weighted by molar-refractivity contribution is 9.09. The van der Waals surface area contributed by atoms with E-state index in [2.05, 4.69) is 15.9 Å². The summed E-state index contributed by atoms with van der Waals surface area (Å²) in [5.74, 6) is -0.722.